The second-order valence-electron chi connectivity index (χ2n) is 6.63. The van der Waals surface area contributed by atoms with Gasteiger partial charge in [-0.05, 0) is 43.3 Å². The van der Waals surface area contributed by atoms with Crippen LogP contribution in [-0.4, -0.2) is 28.7 Å². The Balaban J connectivity index is 1.62. The fourth-order valence-electron chi connectivity index (χ4n) is 2.56. The molecule has 32 heavy (non-hydrogen) atoms. The van der Waals surface area contributed by atoms with Crippen LogP contribution in [0.5, 0.6) is 5.75 Å². The van der Waals surface area contributed by atoms with E-state index < -0.39 is 36.5 Å². The number of hydrogen-bond acceptors (Lipinski definition) is 5. The van der Waals surface area contributed by atoms with Gasteiger partial charge in [0.15, 0.2) is 12.3 Å². The van der Waals surface area contributed by atoms with Crippen molar-refractivity contribution in [2.45, 2.75) is 25.3 Å². The number of oxazole rings is 1. The summed E-state index contributed by atoms with van der Waals surface area (Å²) in [7, 11) is 0. The summed E-state index contributed by atoms with van der Waals surface area (Å²) in [4.78, 5) is 20.3. The number of pyridine rings is 1. The van der Waals surface area contributed by atoms with Gasteiger partial charge in [-0.2, -0.15) is 26.3 Å². The number of hydrogen-bond donors (Lipinski definition) is 1. The SMILES string of the molecule is C[C@@H](NC(=O)c1coc(-c2ccc(C(F)(F)F)cc2)n1)c1ccc(OCC(F)(F)F)cn1. The molecule has 170 valence electrons. The predicted molar refractivity (Wildman–Crippen MR) is 98.6 cm³/mol. The van der Waals surface area contributed by atoms with E-state index in [-0.39, 0.29) is 22.9 Å². The second kappa shape index (κ2) is 8.89. The molecule has 6 nitrogen and oxygen atoms in total. The van der Waals surface area contributed by atoms with Crippen molar-refractivity contribution in [3.8, 4) is 17.2 Å². The van der Waals surface area contributed by atoms with E-state index in [9.17, 15) is 31.1 Å². The van der Waals surface area contributed by atoms with Crippen molar-refractivity contribution in [2.24, 2.45) is 0 Å². The van der Waals surface area contributed by atoms with Crippen molar-refractivity contribution in [3.05, 3.63) is 65.8 Å². The Kier molecular flexibility index (Phi) is 6.42. The third-order valence-electron chi connectivity index (χ3n) is 4.15. The number of amides is 1. The first-order valence-electron chi connectivity index (χ1n) is 9.02. The van der Waals surface area contributed by atoms with E-state index in [0.29, 0.717) is 5.69 Å². The summed E-state index contributed by atoms with van der Waals surface area (Å²) < 4.78 is 84.2. The maximum atomic E-state index is 12.7. The molecule has 3 aromatic rings. The summed E-state index contributed by atoms with van der Waals surface area (Å²) >= 11 is 0. The van der Waals surface area contributed by atoms with Gasteiger partial charge in [0.1, 0.15) is 12.0 Å². The molecule has 1 N–H and O–H groups in total. The zero-order valence-corrected chi connectivity index (χ0v) is 16.3. The van der Waals surface area contributed by atoms with Crippen molar-refractivity contribution in [3.63, 3.8) is 0 Å². The summed E-state index contributed by atoms with van der Waals surface area (Å²) in [5.74, 6) is -0.762. The maximum absolute atomic E-state index is 12.7. The van der Waals surface area contributed by atoms with Gasteiger partial charge < -0.3 is 14.5 Å². The molecule has 1 atom stereocenters. The van der Waals surface area contributed by atoms with E-state index in [4.69, 9.17) is 4.42 Å². The lowest BCUT2D eigenvalue weighted by atomic mass is 10.1. The highest BCUT2D eigenvalue weighted by Gasteiger charge is 2.30. The first kappa shape index (κ1) is 23.1. The average molecular weight is 459 g/mol. The van der Waals surface area contributed by atoms with Crippen LogP contribution in [0.25, 0.3) is 11.5 Å². The van der Waals surface area contributed by atoms with Gasteiger partial charge in [0.25, 0.3) is 5.91 Å². The molecule has 3 rings (SSSR count). The molecule has 0 unspecified atom stereocenters. The summed E-state index contributed by atoms with van der Waals surface area (Å²) in [6.45, 7) is 0.140. The molecule has 0 aliphatic heterocycles. The molecule has 12 heteroatoms. The highest BCUT2D eigenvalue weighted by atomic mass is 19.4. The molecule has 0 aliphatic carbocycles. The van der Waals surface area contributed by atoms with Crippen LogP contribution in [0.1, 0.15) is 34.7 Å². The van der Waals surface area contributed by atoms with E-state index in [1.807, 2.05) is 0 Å². The number of rotatable bonds is 6. The van der Waals surface area contributed by atoms with Crippen LogP contribution in [0.4, 0.5) is 26.3 Å². The van der Waals surface area contributed by atoms with Gasteiger partial charge in [-0.15, -0.1) is 0 Å². The smallest absolute Gasteiger partial charge is 0.422 e. The monoisotopic (exact) mass is 459 g/mol. The lowest BCUT2D eigenvalue weighted by molar-refractivity contribution is -0.153. The maximum Gasteiger partial charge on any atom is 0.422 e. The molecule has 0 radical (unpaired) electrons. The van der Waals surface area contributed by atoms with Crippen LogP contribution >= 0.6 is 0 Å². The van der Waals surface area contributed by atoms with Gasteiger partial charge in [0.2, 0.25) is 5.89 Å². The molecule has 0 bridgehead atoms. The van der Waals surface area contributed by atoms with Crippen molar-refractivity contribution < 1.29 is 40.3 Å². The minimum atomic E-state index is -4.48. The summed E-state index contributed by atoms with van der Waals surface area (Å²) in [6.07, 6.45) is -6.80. The Morgan fingerprint density at radius 3 is 2.34 bits per heavy atom. The third-order valence-corrected chi connectivity index (χ3v) is 4.15. The number of carbonyl (C=O) groups is 1. The minimum Gasteiger partial charge on any atom is -0.483 e. The summed E-state index contributed by atoms with van der Waals surface area (Å²) in [6, 6.07) is 6.13. The van der Waals surface area contributed by atoms with E-state index in [1.165, 1.54) is 24.3 Å². The van der Waals surface area contributed by atoms with Crippen LogP contribution in [0.2, 0.25) is 0 Å². The largest absolute Gasteiger partial charge is 0.483 e. The number of alkyl halides is 6. The Bertz CT molecular complexity index is 1060. The van der Waals surface area contributed by atoms with Crippen LogP contribution in [0, 0.1) is 0 Å². The quantitative estimate of drug-likeness (QED) is 0.514. The standard InChI is InChI=1S/C20H15F6N3O3/c1-11(15-7-6-14(8-27-15)32-10-19(21,22)23)28-17(30)16-9-31-18(29-16)12-2-4-13(5-3-12)20(24,25)26/h2-9,11H,10H2,1H3,(H,28,30)/t11-/m1/s1. The highest BCUT2D eigenvalue weighted by molar-refractivity contribution is 5.92. The Labute approximate surface area is 177 Å². The molecular formula is C20H15F6N3O3. The topological polar surface area (TPSA) is 77.2 Å². The molecule has 0 saturated heterocycles. The number of carbonyl (C=O) groups excluding carboxylic acids is 1. The van der Waals surface area contributed by atoms with Gasteiger partial charge in [0, 0.05) is 5.56 Å². The molecular weight excluding hydrogens is 444 g/mol. The number of ether oxygens (including phenoxy) is 1. The Morgan fingerprint density at radius 1 is 1.09 bits per heavy atom. The van der Waals surface area contributed by atoms with Crippen molar-refractivity contribution >= 4 is 5.91 Å². The molecule has 1 amide bonds. The zero-order chi connectivity index (χ0) is 23.5. The van der Waals surface area contributed by atoms with Crippen molar-refractivity contribution in [1.29, 1.82) is 0 Å². The van der Waals surface area contributed by atoms with Crippen LogP contribution in [0.15, 0.2) is 53.3 Å². The first-order valence-corrected chi connectivity index (χ1v) is 9.02. The minimum absolute atomic E-state index is 0.0409. The average Bonchev–Trinajstić information content (AvgIpc) is 3.22. The summed E-state index contributed by atoms with van der Waals surface area (Å²) in [5.41, 5.74) is -0.343. The van der Waals surface area contributed by atoms with Crippen molar-refractivity contribution in [2.75, 3.05) is 6.61 Å². The number of benzene rings is 1. The molecule has 2 aromatic heterocycles. The third kappa shape index (κ3) is 5.99. The molecule has 0 aliphatic rings. The van der Waals surface area contributed by atoms with Gasteiger partial charge in [-0.25, -0.2) is 4.98 Å². The van der Waals surface area contributed by atoms with Gasteiger partial charge in [0.05, 0.1) is 23.5 Å². The lowest BCUT2D eigenvalue weighted by Gasteiger charge is -2.13. The van der Waals surface area contributed by atoms with Gasteiger partial charge in [-0.3, -0.25) is 9.78 Å². The molecule has 0 spiro atoms. The van der Waals surface area contributed by atoms with Crippen LogP contribution < -0.4 is 10.1 Å². The number of aromatic nitrogens is 2. The number of halogens is 6. The predicted octanol–water partition coefficient (Wildman–Crippen LogP) is 5.19. The number of nitrogens with zero attached hydrogens (tertiary/aromatic N) is 2. The fraction of sp³-hybridized carbons (Fsp3) is 0.250. The van der Waals surface area contributed by atoms with E-state index >= 15 is 0 Å². The molecule has 0 fully saturated rings. The zero-order valence-electron chi connectivity index (χ0n) is 16.3. The van der Waals surface area contributed by atoms with E-state index in [1.54, 1.807) is 6.92 Å². The first-order chi connectivity index (χ1) is 14.9. The Morgan fingerprint density at radius 2 is 1.78 bits per heavy atom. The second-order valence-corrected chi connectivity index (χ2v) is 6.63. The van der Waals surface area contributed by atoms with E-state index in [2.05, 4.69) is 20.0 Å². The van der Waals surface area contributed by atoms with Gasteiger partial charge in [-0.1, -0.05) is 0 Å². The molecule has 2 heterocycles. The molecule has 0 saturated carbocycles. The molecule has 1 aromatic carbocycles. The fourth-order valence-corrected chi connectivity index (χ4v) is 2.56. The Hall–Kier alpha value is -3.57. The summed E-state index contributed by atoms with van der Waals surface area (Å²) in [5, 5.41) is 2.59. The number of nitrogens with one attached hydrogen (secondary N) is 1. The van der Waals surface area contributed by atoms with Crippen LogP contribution in [0.3, 0.4) is 0 Å². The van der Waals surface area contributed by atoms with Crippen molar-refractivity contribution in [1.82, 2.24) is 15.3 Å². The lowest BCUT2D eigenvalue weighted by Crippen LogP contribution is -2.27. The van der Waals surface area contributed by atoms with Crippen LogP contribution in [-0.2, 0) is 6.18 Å². The van der Waals surface area contributed by atoms with E-state index in [0.717, 1.165) is 24.6 Å². The highest BCUT2D eigenvalue weighted by Crippen LogP contribution is 2.30. The normalized spacial score (nSPS) is 13.0. The van der Waals surface area contributed by atoms with Gasteiger partial charge >= 0.3 is 12.4 Å².